The van der Waals surface area contributed by atoms with Gasteiger partial charge in [0.25, 0.3) is 0 Å². The molecule has 1 aromatic rings. The van der Waals surface area contributed by atoms with Gasteiger partial charge >= 0.3 is 0 Å². The first-order valence-corrected chi connectivity index (χ1v) is 4.98. The Bertz CT molecular complexity index is 330. The molecule has 0 aromatic carbocycles. The summed E-state index contributed by atoms with van der Waals surface area (Å²) in [4.78, 5) is 4.40. The molecule has 0 aliphatic carbocycles. The number of rotatable bonds is 2. The van der Waals surface area contributed by atoms with Gasteiger partial charge in [-0.3, -0.25) is 0 Å². The minimum atomic E-state index is -0.0682. The summed E-state index contributed by atoms with van der Waals surface area (Å²) in [5.41, 5.74) is 8.02. The lowest BCUT2D eigenvalue weighted by Crippen LogP contribution is -2.36. The first kappa shape index (κ1) is 9.68. The Morgan fingerprint density at radius 3 is 3.14 bits per heavy atom. The number of hydrogen-bond donors (Lipinski definition) is 1. The van der Waals surface area contributed by atoms with Crippen molar-refractivity contribution < 1.29 is 4.74 Å². The highest BCUT2D eigenvalue weighted by molar-refractivity contribution is 5.16. The third kappa shape index (κ3) is 1.44. The third-order valence-corrected chi connectivity index (χ3v) is 2.83. The van der Waals surface area contributed by atoms with Gasteiger partial charge in [0.1, 0.15) is 0 Å². The van der Waals surface area contributed by atoms with Gasteiger partial charge in [0.2, 0.25) is 0 Å². The molecule has 1 aliphatic rings. The van der Waals surface area contributed by atoms with Crippen LogP contribution in [0.25, 0.3) is 0 Å². The van der Waals surface area contributed by atoms with E-state index < -0.39 is 0 Å². The fourth-order valence-corrected chi connectivity index (χ4v) is 1.73. The number of hydrogen-bond acceptors (Lipinski definition) is 3. The van der Waals surface area contributed by atoms with Crippen LogP contribution in [0, 0.1) is 0 Å². The molecule has 0 radical (unpaired) electrons. The lowest BCUT2D eigenvalue weighted by atomic mass is 10.0. The molecular weight excluding hydrogens is 178 g/mol. The highest BCUT2D eigenvalue weighted by atomic mass is 16.5. The maximum absolute atomic E-state index is 5.74. The molecule has 0 fully saturated rings. The number of aromatic nitrogens is 2. The predicted molar refractivity (Wildman–Crippen MR) is 54.0 cm³/mol. The zero-order chi connectivity index (χ0) is 10.2. The van der Waals surface area contributed by atoms with Gasteiger partial charge in [-0.25, -0.2) is 4.98 Å². The molecule has 78 valence electrons. The summed E-state index contributed by atoms with van der Waals surface area (Å²) in [6.45, 7) is 6.29. The Hall–Kier alpha value is -0.870. The van der Waals surface area contributed by atoms with Crippen LogP contribution in [0.3, 0.4) is 0 Å². The van der Waals surface area contributed by atoms with Crippen molar-refractivity contribution in [2.24, 2.45) is 5.73 Å². The fraction of sp³-hybridized carbons (Fsp3) is 0.700. The Morgan fingerprint density at radius 1 is 1.64 bits per heavy atom. The lowest BCUT2D eigenvalue weighted by molar-refractivity contribution is 0.100. The minimum Gasteiger partial charge on any atom is -0.375 e. The average molecular weight is 195 g/mol. The SMILES string of the molecule is CC(C)(CN)n1cnc2c1COCC2. The second-order valence-corrected chi connectivity index (χ2v) is 4.33. The smallest absolute Gasteiger partial charge is 0.0957 e. The lowest BCUT2D eigenvalue weighted by Gasteiger charge is -2.28. The molecule has 0 amide bonds. The molecule has 0 saturated heterocycles. The molecular formula is C10H17N3O. The first-order valence-electron chi connectivity index (χ1n) is 4.98. The van der Waals surface area contributed by atoms with E-state index in [1.165, 1.54) is 5.69 Å². The highest BCUT2D eigenvalue weighted by Gasteiger charge is 2.24. The standard InChI is InChI=1S/C10H17N3O/c1-10(2,6-11)13-7-12-8-3-4-14-5-9(8)13/h7H,3-6,11H2,1-2H3. The van der Waals surface area contributed by atoms with Gasteiger partial charge in [-0.1, -0.05) is 0 Å². The fourth-order valence-electron chi connectivity index (χ4n) is 1.73. The Balaban J connectivity index is 2.39. The van der Waals surface area contributed by atoms with Crippen molar-refractivity contribution >= 4 is 0 Å². The molecule has 2 rings (SSSR count). The van der Waals surface area contributed by atoms with E-state index in [2.05, 4.69) is 23.4 Å². The Labute approximate surface area is 84.1 Å². The summed E-state index contributed by atoms with van der Waals surface area (Å²) in [5.74, 6) is 0. The van der Waals surface area contributed by atoms with Crippen molar-refractivity contribution in [1.29, 1.82) is 0 Å². The zero-order valence-corrected chi connectivity index (χ0v) is 8.79. The molecule has 1 aromatic heterocycles. The van der Waals surface area contributed by atoms with Crippen molar-refractivity contribution in [3.8, 4) is 0 Å². The number of fused-ring (bicyclic) bond motifs is 1. The molecule has 0 saturated carbocycles. The van der Waals surface area contributed by atoms with E-state index in [1.807, 2.05) is 6.33 Å². The molecule has 14 heavy (non-hydrogen) atoms. The molecule has 4 heteroatoms. The minimum absolute atomic E-state index is 0.0682. The van der Waals surface area contributed by atoms with Gasteiger partial charge in [-0.15, -0.1) is 0 Å². The number of ether oxygens (including phenoxy) is 1. The predicted octanol–water partition coefficient (Wildman–Crippen LogP) is 0.650. The van der Waals surface area contributed by atoms with Crippen molar-refractivity contribution in [3.63, 3.8) is 0 Å². The third-order valence-electron chi connectivity index (χ3n) is 2.83. The van der Waals surface area contributed by atoms with Crippen LogP contribution in [0.4, 0.5) is 0 Å². The van der Waals surface area contributed by atoms with Gasteiger partial charge < -0.3 is 15.0 Å². The number of imidazole rings is 1. The molecule has 0 bridgehead atoms. The van der Waals surface area contributed by atoms with Crippen LogP contribution in [0.5, 0.6) is 0 Å². The van der Waals surface area contributed by atoms with Crippen LogP contribution in [0.2, 0.25) is 0 Å². The summed E-state index contributed by atoms with van der Waals surface area (Å²) in [7, 11) is 0. The van der Waals surface area contributed by atoms with E-state index in [0.717, 1.165) is 18.7 Å². The second-order valence-electron chi connectivity index (χ2n) is 4.33. The largest absolute Gasteiger partial charge is 0.375 e. The van der Waals surface area contributed by atoms with Gasteiger partial charge in [-0.05, 0) is 13.8 Å². The molecule has 0 atom stereocenters. The Kier molecular flexibility index (Phi) is 2.33. The van der Waals surface area contributed by atoms with Crippen LogP contribution in [-0.2, 0) is 23.3 Å². The van der Waals surface area contributed by atoms with Crippen LogP contribution in [0.15, 0.2) is 6.33 Å². The van der Waals surface area contributed by atoms with Crippen molar-refractivity contribution in [3.05, 3.63) is 17.7 Å². The first-order chi connectivity index (χ1) is 6.65. The van der Waals surface area contributed by atoms with Crippen molar-refractivity contribution in [2.45, 2.75) is 32.4 Å². The van der Waals surface area contributed by atoms with E-state index in [9.17, 15) is 0 Å². The van der Waals surface area contributed by atoms with Crippen LogP contribution < -0.4 is 5.73 Å². The number of nitrogens with zero attached hydrogens (tertiary/aromatic N) is 2. The van der Waals surface area contributed by atoms with Crippen LogP contribution in [0.1, 0.15) is 25.2 Å². The molecule has 2 heterocycles. The molecule has 1 aliphatic heterocycles. The van der Waals surface area contributed by atoms with Crippen molar-refractivity contribution in [2.75, 3.05) is 13.2 Å². The average Bonchev–Trinajstić information content (AvgIpc) is 2.61. The van der Waals surface area contributed by atoms with E-state index >= 15 is 0 Å². The Morgan fingerprint density at radius 2 is 2.43 bits per heavy atom. The van der Waals surface area contributed by atoms with E-state index in [4.69, 9.17) is 10.5 Å². The second kappa shape index (κ2) is 3.37. The maximum atomic E-state index is 5.74. The molecule has 2 N–H and O–H groups in total. The maximum Gasteiger partial charge on any atom is 0.0957 e. The van der Waals surface area contributed by atoms with Crippen molar-refractivity contribution in [1.82, 2.24) is 9.55 Å². The van der Waals surface area contributed by atoms with E-state index in [1.54, 1.807) is 0 Å². The van der Waals surface area contributed by atoms with Crippen LogP contribution in [-0.4, -0.2) is 22.7 Å². The molecule has 4 nitrogen and oxygen atoms in total. The topological polar surface area (TPSA) is 53.1 Å². The zero-order valence-electron chi connectivity index (χ0n) is 8.79. The van der Waals surface area contributed by atoms with E-state index in [-0.39, 0.29) is 5.54 Å². The summed E-state index contributed by atoms with van der Waals surface area (Å²) >= 11 is 0. The molecule has 0 unspecified atom stereocenters. The monoisotopic (exact) mass is 195 g/mol. The molecule has 0 spiro atoms. The summed E-state index contributed by atoms with van der Waals surface area (Å²) in [6.07, 6.45) is 2.80. The highest BCUT2D eigenvalue weighted by Crippen LogP contribution is 2.22. The van der Waals surface area contributed by atoms with Crippen LogP contribution >= 0.6 is 0 Å². The number of nitrogens with two attached hydrogens (primary N) is 1. The van der Waals surface area contributed by atoms with Gasteiger partial charge in [0.05, 0.1) is 36.5 Å². The summed E-state index contributed by atoms with van der Waals surface area (Å²) in [5, 5.41) is 0. The normalized spacial score (nSPS) is 16.8. The van der Waals surface area contributed by atoms with Gasteiger partial charge in [0, 0.05) is 13.0 Å². The van der Waals surface area contributed by atoms with Gasteiger partial charge in [0.15, 0.2) is 0 Å². The van der Waals surface area contributed by atoms with E-state index in [0.29, 0.717) is 13.2 Å². The van der Waals surface area contributed by atoms with Gasteiger partial charge in [-0.2, -0.15) is 0 Å². The quantitative estimate of drug-likeness (QED) is 0.753. The summed E-state index contributed by atoms with van der Waals surface area (Å²) < 4.78 is 7.57. The summed E-state index contributed by atoms with van der Waals surface area (Å²) in [6, 6.07) is 0.